The van der Waals surface area contributed by atoms with Crippen LogP contribution in [0.4, 0.5) is 0 Å². The number of hydrogen-bond donors (Lipinski definition) is 1. The highest BCUT2D eigenvalue weighted by Crippen LogP contribution is 2.10. The normalized spacial score (nSPS) is 17.2. The third-order valence-corrected chi connectivity index (χ3v) is 4.73. The van der Waals surface area contributed by atoms with Crippen LogP contribution in [0.3, 0.4) is 0 Å². The molecule has 0 radical (unpaired) electrons. The fourth-order valence-electron chi connectivity index (χ4n) is 2.15. The molecule has 0 saturated carbocycles. The van der Waals surface area contributed by atoms with E-state index in [0.717, 1.165) is 25.2 Å². The predicted octanol–water partition coefficient (Wildman–Crippen LogP) is 1.37. The van der Waals surface area contributed by atoms with Crippen molar-refractivity contribution in [2.75, 3.05) is 26.2 Å². The Balaban J connectivity index is 1.88. The molecule has 0 bridgehead atoms. The molecule has 1 heterocycles. The lowest BCUT2D eigenvalue weighted by molar-refractivity contribution is 0.344. The van der Waals surface area contributed by atoms with Crippen LogP contribution >= 0.6 is 0 Å². The largest absolute Gasteiger partial charge is 0.302 e. The minimum absolute atomic E-state index is 0.342. The SMILES string of the molecule is Cc1ccc(S(=O)(=O)NCCN2CCCC2)cc1. The van der Waals surface area contributed by atoms with Gasteiger partial charge in [-0.3, -0.25) is 0 Å². The Morgan fingerprint density at radius 3 is 2.39 bits per heavy atom. The topological polar surface area (TPSA) is 49.4 Å². The maximum absolute atomic E-state index is 12.0. The van der Waals surface area contributed by atoms with Crippen molar-refractivity contribution in [3.63, 3.8) is 0 Å². The second-order valence-corrected chi connectivity index (χ2v) is 6.53. The van der Waals surface area contributed by atoms with Crippen LogP contribution in [0.5, 0.6) is 0 Å². The van der Waals surface area contributed by atoms with E-state index in [1.165, 1.54) is 12.8 Å². The van der Waals surface area contributed by atoms with E-state index < -0.39 is 10.0 Å². The summed E-state index contributed by atoms with van der Waals surface area (Å²) >= 11 is 0. The lowest BCUT2D eigenvalue weighted by Crippen LogP contribution is -2.33. The molecule has 100 valence electrons. The molecule has 1 saturated heterocycles. The van der Waals surface area contributed by atoms with E-state index in [1.54, 1.807) is 12.1 Å². The van der Waals surface area contributed by atoms with Gasteiger partial charge in [-0.1, -0.05) is 17.7 Å². The van der Waals surface area contributed by atoms with Crippen LogP contribution < -0.4 is 4.72 Å². The molecule has 1 N–H and O–H groups in total. The number of aryl methyl sites for hydroxylation is 1. The van der Waals surface area contributed by atoms with Crippen molar-refractivity contribution in [2.24, 2.45) is 0 Å². The summed E-state index contributed by atoms with van der Waals surface area (Å²) < 4.78 is 26.6. The number of sulfonamides is 1. The van der Waals surface area contributed by atoms with E-state index in [2.05, 4.69) is 9.62 Å². The summed E-state index contributed by atoms with van der Waals surface area (Å²) in [4.78, 5) is 2.63. The van der Waals surface area contributed by atoms with Gasteiger partial charge in [0.05, 0.1) is 4.90 Å². The minimum Gasteiger partial charge on any atom is -0.302 e. The first-order valence-electron chi connectivity index (χ1n) is 6.37. The standard InChI is InChI=1S/C13H20N2O2S/c1-12-4-6-13(7-5-12)18(16,17)14-8-11-15-9-2-3-10-15/h4-7,14H,2-3,8-11H2,1H3. The van der Waals surface area contributed by atoms with Crippen molar-refractivity contribution in [3.8, 4) is 0 Å². The molecule has 0 spiro atoms. The Kier molecular flexibility index (Phi) is 4.37. The van der Waals surface area contributed by atoms with Crippen LogP contribution in [0.25, 0.3) is 0 Å². The van der Waals surface area contributed by atoms with E-state index in [-0.39, 0.29) is 0 Å². The zero-order chi connectivity index (χ0) is 13.0. The fraction of sp³-hybridized carbons (Fsp3) is 0.538. The number of nitrogens with zero attached hydrogens (tertiary/aromatic N) is 1. The lowest BCUT2D eigenvalue weighted by Gasteiger charge is -2.14. The van der Waals surface area contributed by atoms with E-state index in [1.807, 2.05) is 19.1 Å². The summed E-state index contributed by atoms with van der Waals surface area (Å²) in [5.74, 6) is 0. The van der Waals surface area contributed by atoms with Crippen molar-refractivity contribution < 1.29 is 8.42 Å². The monoisotopic (exact) mass is 268 g/mol. The summed E-state index contributed by atoms with van der Waals surface area (Å²) in [7, 11) is -3.35. The Bertz CT molecular complexity index is 476. The molecular formula is C13H20N2O2S. The molecule has 0 amide bonds. The summed E-state index contributed by atoms with van der Waals surface area (Å²) in [6, 6.07) is 6.92. The van der Waals surface area contributed by atoms with Crippen molar-refractivity contribution in [1.82, 2.24) is 9.62 Å². The van der Waals surface area contributed by atoms with Crippen LogP contribution in [0.15, 0.2) is 29.2 Å². The predicted molar refractivity (Wildman–Crippen MR) is 72.0 cm³/mol. The highest BCUT2D eigenvalue weighted by molar-refractivity contribution is 7.89. The van der Waals surface area contributed by atoms with Gasteiger partial charge in [0.2, 0.25) is 10.0 Å². The van der Waals surface area contributed by atoms with Gasteiger partial charge in [0.1, 0.15) is 0 Å². The van der Waals surface area contributed by atoms with Gasteiger partial charge in [-0.25, -0.2) is 13.1 Å². The Labute approximate surface area is 109 Å². The minimum atomic E-state index is -3.35. The van der Waals surface area contributed by atoms with Crippen molar-refractivity contribution in [2.45, 2.75) is 24.7 Å². The van der Waals surface area contributed by atoms with E-state index in [9.17, 15) is 8.42 Å². The molecular weight excluding hydrogens is 248 g/mol. The first-order chi connectivity index (χ1) is 8.58. The molecule has 1 fully saturated rings. The third kappa shape index (κ3) is 3.54. The molecule has 18 heavy (non-hydrogen) atoms. The summed E-state index contributed by atoms with van der Waals surface area (Å²) in [6.07, 6.45) is 2.45. The molecule has 4 nitrogen and oxygen atoms in total. The average molecular weight is 268 g/mol. The van der Waals surface area contributed by atoms with Crippen molar-refractivity contribution in [3.05, 3.63) is 29.8 Å². The molecule has 1 aromatic carbocycles. The number of nitrogens with one attached hydrogen (secondary N) is 1. The van der Waals surface area contributed by atoms with Crippen LogP contribution in [0, 0.1) is 6.92 Å². The number of likely N-dealkylation sites (tertiary alicyclic amines) is 1. The van der Waals surface area contributed by atoms with Crippen LogP contribution in [0.1, 0.15) is 18.4 Å². The van der Waals surface area contributed by atoms with Gasteiger partial charge in [-0.15, -0.1) is 0 Å². The number of hydrogen-bond acceptors (Lipinski definition) is 3. The first-order valence-corrected chi connectivity index (χ1v) is 7.85. The maximum Gasteiger partial charge on any atom is 0.240 e. The number of rotatable bonds is 5. The van der Waals surface area contributed by atoms with Gasteiger partial charge in [-0.2, -0.15) is 0 Å². The average Bonchev–Trinajstić information content (AvgIpc) is 2.82. The number of benzene rings is 1. The van der Waals surface area contributed by atoms with Gasteiger partial charge >= 0.3 is 0 Å². The first kappa shape index (κ1) is 13.5. The zero-order valence-electron chi connectivity index (χ0n) is 10.7. The van der Waals surface area contributed by atoms with E-state index in [0.29, 0.717) is 11.4 Å². The second kappa shape index (κ2) is 5.82. The highest BCUT2D eigenvalue weighted by atomic mass is 32.2. The van der Waals surface area contributed by atoms with Crippen molar-refractivity contribution in [1.29, 1.82) is 0 Å². The summed E-state index contributed by atoms with van der Waals surface area (Å²) in [5, 5.41) is 0. The van der Waals surface area contributed by atoms with E-state index >= 15 is 0 Å². The van der Waals surface area contributed by atoms with Gasteiger partial charge in [0, 0.05) is 13.1 Å². The molecule has 5 heteroatoms. The summed E-state index contributed by atoms with van der Waals surface area (Å²) in [6.45, 7) is 5.40. The van der Waals surface area contributed by atoms with Gasteiger partial charge in [0.25, 0.3) is 0 Å². The van der Waals surface area contributed by atoms with Gasteiger partial charge in [-0.05, 0) is 45.0 Å². The maximum atomic E-state index is 12.0. The smallest absolute Gasteiger partial charge is 0.240 e. The molecule has 1 aliphatic heterocycles. The summed E-state index contributed by atoms with van der Waals surface area (Å²) in [5.41, 5.74) is 1.06. The zero-order valence-corrected chi connectivity index (χ0v) is 11.5. The third-order valence-electron chi connectivity index (χ3n) is 3.25. The lowest BCUT2D eigenvalue weighted by atomic mass is 10.2. The molecule has 1 aliphatic rings. The van der Waals surface area contributed by atoms with Crippen molar-refractivity contribution >= 4 is 10.0 Å². The quantitative estimate of drug-likeness (QED) is 0.877. The van der Waals surface area contributed by atoms with E-state index in [4.69, 9.17) is 0 Å². The molecule has 0 atom stereocenters. The Morgan fingerprint density at radius 1 is 1.17 bits per heavy atom. The Morgan fingerprint density at radius 2 is 1.78 bits per heavy atom. The molecule has 2 rings (SSSR count). The molecule has 0 aliphatic carbocycles. The fourth-order valence-corrected chi connectivity index (χ4v) is 3.17. The van der Waals surface area contributed by atoms with Gasteiger partial charge in [0.15, 0.2) is 0 Å². The Hall–Kier alpha value is -0.910. The molecule has 0 aromatic heterocycles. The van der Waals surface area contributed by atoms with Crippen LogP contribution in [-0.2, 0) is 10.0 Å². The second-order valence-electron chi connectivity index (χ2n) is 4.76. The highest BCUT2D eigenvalue weighted by Gasteiger charge is 2.15. The van der Waals surface area contributed by atoms with Crippen LogP contribution in [0.2, 0.25) is 0 Å². The van der Waals surface area contributed by atoms with Gasteiger partial charge < -0.3 is 4.90 Å². The molecule has 1 aromatic rings. The molecule has 0 unspecified atom stereocenters. The van der Waals surface area contributed by atoms with Crippen LogP contribution in [-0.4, -0.2) is 39.5 Å².